The van der Waals surface area contributed by atoms with E-state index in [4.69, 9.17) is 24.5 Å². The molecular formula is C29H20CoF12N2O7. The van der Waals surface area contributed by atoms with Gasteiger partial charge < -0.3 is 34.8 Å². The number of alkyl halides is 12. The van der Waals surface area contributed by atoms with Gasteiger partial charge in [-0.1, -0.05) is 0 Å². The summed E-state index contributed by atoms with van der Waals surface area (Å²) in [4.78, 5) is 25.2. The number of ether oxygens (including phenoxy) is 1. The third-order valence-corrected chi connectivity index (χ3v) is 5.41. The Kier molecular flexibility index (Phi) is 16.0. The Bertz CT molecular complexity index is 1730. The largest absolute Gasteiger partial charge is 2.00 e. The smallest absolute Gasteiger partial charge is 0.550 e. The van der Waals surface area contributed by atoms with Gasteiger partial charge in [-0.3, -0.25) is 9.98 Å². The Morgan fingerprint density at radius 2 is 0.961 bits per heavy atom. The Balaban J connectivity index is 0.00000251. The summed E-state index contributed by atoms with van der Waals surface area (Å²) in [5.74, 6) is -5.39. The van der Waals surface area contributed by atoms with Crippen LogP contribution in [0.25, 0.3) is 0 Å². The van der Waals surface area contributed by atoms with E-state index in [1.807, 2.05) is 0 Å². The molecule has 22 heteroatoms. The number of aromatic hydroxyl groups is 2. The van der Waals surface area contributed by atoms with Crippen molar-refractivity contribution in [2.75, 3.05) is 7.11 Å². The Hall–Kier alpha value is -4.99. The molecule has 0 aliphatic carbocycles. The number of halogens is 12. The van der Waals surface area contributed by atoms with E-state index in [0.29, 0.717) is 12.4 Å². The van der Waals surface area contributed by atoms with Gasteiger partial charge in [-0.05, 0) is 50.2 Å². The van der Waals surface area contributed by atoms with Gasteiger partial charge in [-0.2, -0.15) is 52.7 Å². The molecule has 2 N–H and O–H groups in total. The molecule has 0 unspecified atom stereocenters. The zero-order valence-electron chi connectivity index (χ0n) is 25.4. The van der Waals surface area contributed by atoms with E-state index in [-0.39, 0.29) is 52.5 Å². The number of hydrogen-bond donors (Lipinski definition) is 2. The molecule has 0 atom stereocenters. The van der Waals surface area contributed by atoms with Crippen molar-refractivity contribution in [3.63, 3.8) is 0 Å². The maximum Gasteiger partial charge on any atom is 2.00 e. The van der Waals surface area contributed by atoms with Crippen LogP contribution >= 0.6 is 0 Å². The average molecular weight is 795 g/mol. The molecule has 3 aromatic carbocycles. The Morgan fingerprint density at radius 3 is 1.25 bits per heavy atom. The van der Waals surface area contributed by atoms with Crippen LogP contribution in [-0.2, 0) is 51.1 Å². The van der Waals surface area contributed by atoms with Crippen LogP contribution in [0.15, 0.2) is 52.4 Å². The topological polar surface area (TPSA) is 155 Å². The number of rotatable bonds is 5. The molecule has 0 amide bonds. The van der Waals surface area contributed by atoms with Crippen LogP contribution in [0.1, 0.15) is 47.2 Å². The number of benzene rings is 3. The van der Waals surface area contributed by atoms with E-state index in [9.17, 15) is 62.9 Å². The van der Waals surface area contributed by atoms with Gasteiger partial charge in [0.2, 0.25) is 0 Å². The average Bonchev–Trinajstić information content (AvgIpc) is 2.93. The number of nitrogens with zero attached hydrogens (tertiary/aromatic N) is 2. The zero-order valence-corrected chi connectivity index (χ0v) is 26.4. The number of phenolic OH excluding ortho intramolecular Hbond substituents is 2. The molecule has 281 valence electrons. The molecule has 1 radical (unpaired) electrons. The van der Waals surface area contributed by atoms with Crippen molar-refractivity contribution in [3.8, 4) is 17.2 Å². The summed E-state index contributed by atoms with van der Waals surface area (Å²) in [6.07, 6.45) is -20.5. The minimum Gasteiger partial charge on any atom is -0.550 e. The molecule has 9 nitrogen and oxygen atoms in total. The monoisotopic (exact) mass is 795 g/mol. The summed E-state index contributed by atoms with van der Waals surface area (Å²) >= 11 is 0. The second-order valence-electron chi connectivity index (χ2n) is 9.27. The summed E-state index contributed by atoms with van der Waals surface area (Å²) in [5.41, 5.74) is -10.5. The van der Waals surface area contributed by atoms with E-state index in [1.165, 1.54) is 6.07 Å². The van der Waals surface area contributed by atoms with E-state index in [0.717, 1.165) is 33.1 Å². The van der Waals surface area contributed by atoms with Crippen LogP contribution in [-0.4, -0.2) is 41.7 Å². The summed E-state index contributed by atoms with van der Waals surface area (Å²) in [6, 6.07) is 2.95. The molecule has 0 saturated carbocycles. The first-order chi connectivity index (χ1) is 22.6. The minimum atomic E-state index is -5.40. The maximum atomic E-state index is 13.3. The Labute approximate surface area is 288 Å². The number of aliphatic imine (C=N–C) groups is 2. The predicted octanol–water partition coefficient (Wildman–Crippen LogP) is 6.19. The van der Waals surface area contributed by atoms with Gasteiger partial charge in [0.05, 0.1) is 40.7 Å². The van der Waals surface area contributed by atoms with Gasteiger partial charge in [0.1, 0.15) is 17.2 Å². The third-order valence-electron chi connectivity index (χ3n) is 5.41. The first-order valence-corrected chi connectivity index (χ1v) is 12.7. The van der Waals surface area contributed by atoms with Crippen molar-refractivity contribution in [2.45, 2.75) is 38.6 Å². The molecule has 51 heavy (non-hydrogen) atoms. The van der Waals surface area contributed by atoms with Gasteiger partial charge in [-0.25, -0.2) is 0 Å². The fourth-order valence-electron chi connectivity index (χ4n) is 3.39. The summed E-state index contributed by atoms with van der Waals surface area (Å²) < 4.78 is 164. The van der Waals surface area contributed by atoms with Crippen LogP contribution in [0.2, 0.25) is 0 Å². The molecule has 0 aliphatic heterocycles. The van der Waals surface area contributed by atoms with E-state index in [1.54, 1.807) is 0 Å². The SMILES string of the molecule is CC(=O)[O-].CC(=O)[O-].COc1ccc(N=Cc2cc(C(F)(F)F)cc(C(F)(F)F)c2O)c(N=Cc2cc(C(F)(F)F)cc(C(F)(F)F)c2O)c1.[Co+2]. The van der Waals surface area contributed by atoms with Gasteiger partial charge in [0.25, 0.3) is 0 Å². The van der Waals surface area contributed by atoms with Crippen LogP contribution in [0, 0.1) is 0 Å². The van der Waals surface area contributed by atoms with Crippen molar-refractivity contribution in [1.82, 2.24) is 0 Å². The quantitative estimate of drug-likeness (QED) is 0.231. The first kappa shape index (κ1) is 46.0. The number of aliphatic carboxylic acids is 2. The molecule has 0 saturated heterocycles. The summed E-state index contributed by atoms with van der Waals surface area (Å²) in [6.45, 7) is 1.94. The normalized spacial score (nSPS) is 12.0. The van der Waals surface area contributed by atoms with Crippen molar-refractivity contribution >= 4 is 35.7 Å². The molecule has 0 fully saturated rings. The number of methoxy groups -OCH3 is 1. The fraction of sp³-hybridized carbons (Fsp3) is 0.241. The first-order valence-electron chi connectivity index (χ1n) is 12.7. The second-order valence-corrected chi connectivity index (χ2v) is 9.27. The number of carbonyl (C=O) groups excluding carboxylic acids is 2. The predicted molar refractivity (Wildman–Crippen MR) is 145 cm³/mol. The van der Waals surface area contributed by atoms with E-state index < -0.39 is 87.2 Å². The number of carboxylic acid groups (broad SMARTS) is 2. The number of phenols is 2. The van der Waals surface area contributed by atoms with Crippen LogP contribution in [0.5, 0.6) is 17.2 Å². The van der Waals surface area contributed by atoms with Gasteiger partial charge in [-0.15, -0.1) is 0 Å². The maximum absolute atomic E-state index is 13.3. The molecule has 3 aromatic rings. The summed E-state index contributed by atoms with van der Waals surface area (Å²) in [7, 11) is 1.15. The number of carbonyl (C=O) groups is 2. The molecular weight excluding hydrogens is 775 g/mol. The summed E-state index contributed by atoms with van der Waals surface area (Å²) in [5, 5.41) is 37.7. The third kappa shape index (κ3) is 14.4. The van der Waals surface area contributed by atoms with Crippen molar-refractivity contribution < 1.29 is 104 Å². The van der Waals surface area contributed by atoms with Crippen LogP contribution in [0.4, 0.5) is 64.1 Å². The number of carboxylic acids is 2. The van der Waals surface area contributed by atoms with Crippen LogP contribution < -0.4 is 14.9 Å². The minimum absolute atomic E-state index is 0. The van der Waals surface area contributed by atoms with Gasteiger partial charge in [0, 0.05) is 41.6 Å². The van der Waals surface area contributed by atoms with Gasteiger partial charge >= 0.3 is 41.5 Å². The van der Waals surface area contributed by atoms with Crippen molar-refractivity contribution in [3.05, 3.63) is 75.8 Å². The Morgan fingerprint density at radius 1 is 0.627 bits per heavy atom. The van der Waals surface area contributed by atoms with Crippen molar-refractivity contribution in [1.29, 1.82) is 0 Å². The van der Waals surface area contributed by atoms with E-state index >= 15 is 0 Å². The second kappa shape index (κ2) is 17.8. The zero-order chi connectivity index (χ0) is 39.0. The standard InChI is InChI=1S/C25H14F12N2O3.2C2H4O2.Co/c1-42-15-2-3-18(38-9-11-4-13(22(26,27)28)6-16(20(11)40)24(32,33)34)19(8-15)39-10-12-5-14(23(29,30)31)7-17(21(12)41)25(35,36)37;2*1-2(3)4;/h2-10,40-41H,1H3;2*1H3,(H,3,4);/q;;;+2/p-2. The molecule has 0 bridgehead atoms. The molecule has 0 aliphatic rings. The number of hydrogen-bond acceptors (Lipinski definition) is 9. The molecule has 0 spiro atoms. The van der Waals surface area contributed by atoms with Crippen molar-refractivity contribution in [2.24, 2.45) is 9.98 Å². The molecule has 0 aromatic heterocycles. The van der Waals surface area contributed by atoms with Crippen LogP contribution in [0.3, 0.4) is 0 Å². The fourth-order valence-corrected chi connectivity index (χ4v) is 3.39. The van der Waals surface area contributed by atoms with E-state index in [2.05, 4.69) is 9.98 Å². The van der Waals surface area contributed by atoms with Gasteiger partial charge in [0.15, 0.2) is 0 Å². The molecule has 3 rings (SSSR count). The molecule has 0 heterocycles.